The molecule has 1 saturated heterocycles. The van der Waals surface area contributed by atoms with E-state index in [0.29, 0.717) is 0 Å². The van der Waals surface area contributed by atoms with Gasteiger partial charge in [0.05, 0.1) is 16.6 Å². The zero-order valence-electron chi connectivity index (χ0n) is 11.4. The van der Waals surface area contributed by atoms with Crippen LogP contribution in [0, 0.1) is 13.8 Å². The zero-order chi connectivity index (χ0) is 12.8. The normalized spacial score (nSPS) is 23.9. The van der Waals surface area contributed by atoms with Crippen LogP contribution in [0.15, 0.2) is 12.1 Å². The first-order valence-corrected chi connectivity index (χ1v) is 6.87. The molecule has 0 aliphatic carbocycles. The van der Waals surface area contributed by atoms with Crippen LogP contribution in [0.3, 0.4) is 0 Å². The molecule has 3 heteroatoms. The maximum atomic E-state index is 4.86. The van der Waals surface area contributed by atoms with E-state index >= 15 is 0 Å². The lowest BCUT2D eigenvalue weighted by Gasteiger charge is -2.25. The van der Waals surface area contributed by atoms with Crippen molar-refractivity contribution in [2.24, 2.45) is 0 Å². The van der Waals surface area contributed by atoms with Gasteiger partial charge in [0.1, 0.15) is 5.82 Å². The number of fused-ring (bicyclic) bond motifs is 1. The maximum absolute atomic E-state index is 4.86. The molecule has 0 spiro atoms. The number of rotatable bonds is 2. The third-order valence-electron chi connectivity index (χ3n) is 4.22. The minimum atomic E-state index is 0.0688. The van der Waals surface area contributed by atoms with Gasteiger partial charge in [0.25, 0.3) is 0 Å². The number of H-pyrrole nitrogens is 1. The van der Waals surface area contributed by atoms with Crippen LogP contribution < -0.4 is 5.32 Å². The topological polar surface area (TPSA) is 40.7 Å². The highest BCUT2D eigenvalue weighted by Crippen LogP contribution is 2.33. The summed E-state index contributed by atoms with van der Waals surface area (Å²) in [6.07, 6.45) is 3.51. The molecule has 1 unspecified atom stereocenters. The molecule has 0 saturated carbocycles. The van der Waals surface area contributed by atoms with Crippen LogP contribution in [0.5, 0.6) is 0 Å². The van der Waals surface area contributed by atoms with E-state index in [-0.39, 0.29) is 5.54 Å². The number of hydrogen-bond donors (Lipinski definition) is 2. The Kier molecular flexibility index (Phi) is 2.67. The quantitative estimate of drug-likeness (QED) is 0.850. The standard InChI is InChI=1S/C15H21N3/c1-4-15(6-5-7-16-15)14-17-12-9-10(2)8-11(3)13(12)18-14/h8-9,16H,4-7H2,1-3H3,(H,17,18). The number of benzene rings is 1. The number of imidazole rings is 1. The van der Waals surface area contributed by atoms with Crippen LogP contribution in [0.25, 0.3) is 11.0 Å². The van der Waals surface area contributed by atoms with Crippen LogP contribution in [-0.4, -0.2) is 16.5 Å². The van der Waals surface area contributed by atoms with Crippen molar-refractivity contribution in [1.29, 1.82) is 0 Å². The minimum absolute atomic E-state index is 0.0688. The van der Waals surface area contributed by atoms with Gasteiger partial charge >= 0.3 is 0 Å². The second-order valence-corrected chi connectivity index (χ2v) is 5.53. The lowest BCUT2D eigenvalue weighted by Crippen LogP contribution is -2.37. The fraction of sp³-hybridized carbons (Fsp3) is 0.533. The summed E-state index contributed by atoms with van der Waals surface area (Å²) < 4.78 is 0. The molecule has 96 valence electrons. The van der Waals surface area contributed by atoms with Crippen LogP contribution >= 0.6 is 0 Å². The van der Waals surface area contributed by atoms with Crippen molar-refractivity contribution in [3.63, 3.8) is 0 Å². The summed E-state index contributed by atoms with van der Waals surface area (Å²) in [5.74, 6) is 1.12. The molecule has 0 amide bonds. The number of nitrogens with zero attached hydrogens (tertiary/aromatic N) is 1. The van der Waals surface area contributed by atoms with Crippen molar-refractivity contribution in [3.05, 3.63) is 29.1 Å². The van der Waals surface area contributed by atoms with Gasteiger partial charge in [0, 0.05) is 0 Å². The Labute approximate surface area is 108 Å². The third kappa shape index (κ3) is 1.65. The monoisotopic (exact) mass is 243 g/mol. The van der Waals surface area contributed by atoms with Crippen LogP contribution in [-0.2, 0) is 5.54 Å². The summed E-state index contributed by atoms with van der Waals surface area (Å²) in [4.78, 5) is 8.40. The van der Waals surface area contributed by atoms with Gasteiger partial charge < -0.3 is 10.3 Å². The van der Waals surface area contributed by atoms with E-state index in [1.165, 1.54) is 29.5 Å². The lowest BCUT2D eigenvalue weighted by molar-refractivity contribution is 0.356. The Morgan fingerprint density at radius 3 is 2.83 bits per heavy atom. The predicted molar refractivity (Wildman–Crippen MR) is 74.8 cm³/mol. The molecular weight excluding hydrogens is 222 g/mol. The highest BCUT2D eigenvalue weighted by atomic mass is 15.1. The highest BCUT2D eigenvalue weighted by Gasteiger charge is 2.36. The summed E-state index contributed by atoms with van der Waals surface area (Å²) in [6, 6.07) is 4.39. The summed E-state index contributed by atoms with van der Waals surface area (Å²) >= 11 is 0. The van der Waals surface area contributed by atoms with Crippen LogP contribution in [0.2, 0.25) is 0 Å². The molecule has 1 fully saturated rings. The molecule has 1 aliphatic rings. The third-order valence-corrected chi connectivity index (χ3v) is 4.22. The fourth-order valence-corrected chi connectivity index (χ4v) is 3.18. The zero-order valence-corrected chi connectivity index (χ0v) is 11.4. The van der Waals surface area contributed by atoms with E-state index in [1.807, 2.05) is 0 Å². The number of aromatic amines is 1. The molecule has 0 bridgehead atoms. The molecule has 3 nitrogen and oxygen atoms in total. The van der Waals surface area contributed by atoms with Gasteiger partial charge in [-0.25, -0.2) is 4.98 Å². The van der Waals surface area contributed by atoms with Crippen molar-refractivity contribution >= 4 is 11.0 Å². The Hall–Kier alpha value is -1.35. The molecule has 18 heavy (non-hydrogen) atoms. The van der Waals surface area contributed by atoms with Gasteiger partial charge in [-0.05, 0) is 56.8 Å². The molecule has 3 rings (SSSR count). The van der Waals surface area contributed by atoms with E-state index in [0.717, 1.165) is 24.3 Å². The first kappa shape index (κ1) is 11.7. The van der Waals surface area contributed by atoms with Gasteiger partial charge in [-0.1, -0.05) is 13.0 Å². The summed E-state index contributed by atoms with van der Waals surface area (Å²) in [5, 5.41) is 3.64. The van der Waals surface area contributed by atoms with E-state index < -0.39 is 0 Å². The SMILES string of the molecule is CCC1(c2nc3c(C)cc(C)cc3[nH]2)CCCN1. The molecule has 1 aromatic carbocycles. The second kappa shape index (κ2) is 4.09. The molecule has 2 aromatic rings. The molecule has 1 aliphatic heterocycles. The molecule has 2 N–H and O–H groups in total. The Morgan fingerprint density at radius 1 is 1.33 bits per heavy atom. The molecular formula is C15H21N3. The summed E-state index contributed by atoms with van der Waals surface area (Å²) in [7, 11) is 0. The average Bonchev–Trinajstić information content (AvgIpc) is 2.94. The van der Waals surface area contributed by atoms with Crippen molar-refractivity contribution in [2.75, 3.05) is 6.54 Å². The maximum Gasteiger partial charge on any atom is 0.127 e. The second-order valence-electron chi connectivity index (χ2n) is 5.53. The van der Waals surface area contributed by atoms with Gasteiger partial charge in [-0.2, -0.15) is 0 Å². The van der Waals surface area contributed by atoms with Crippen molar-refractivity contribution < 1.29 is 0 Å². The van der Waals surface area contributed by atoms with Gasteiger partial charge in [-0.15, -0.1) is 0 Å². The van der Waals surface area contributed by atoms with E-state index in [2.05, 4.69) is 43.2 Å². The van der Waals surface area contributed by atoms with Crippen LogP contribution in [0.4, 0.5) is 0 Å². The van der Waals surface area contributed by atoms with Gasteiger partial charge in [-0.3, -0.25) is 0 Å². The molecule has 1 aromatic heterocycles. The van der Waals surface area contributed by atoms with Crippen molar-refractivity contribution in [1.82, 2.24) is 15.3 Å². The average molecular weight is 243 g/mol. The Morgan fingerprint density at radius 2 is 2.17 bits per heavy atom. The number of nitrogens with one attached hydrogen (secondary N) is 2. The van der Waals surface area contributed by atoms with E-state index in [9.17, 15) is 0 Å². The van der Waals surface area contributed by atoms with Gasteiger partial charge in [0.15, 0.2) is 0 Å². The van der Waals surface area contributed by atoms with Crippen LogP contribution in [0.1, 0.15) is 43.1 Å². The van der Waals surface area contributed by atoms with Crippen molar-refractivity contribution in [2.45, 2.75) is 45.6 Å². The highest BCUT2D eigenvalue weighted by molar-refractivity contribution is 5.79. The Balaban J connectivity index is 2.16. The largest absolute Gasteiger partial charge is 0.340 e. The first-order valence-electron chi connectivity index (χ1n) is 6.87. The minimum Gasteiger partial charge on any atom is -0.340 e. The predicted octanol–water partition coefficient (Wildman–Crippen LogP) is 3.17. The summed E-state index contributed by atoms with van der Waals surface area (Å²) in [6.45, 7) is 7.61. The molecule has 1 atom stereocenters. The molecule has 0 radical (unpaired) electrons. The van der Waals surface area contributed by atoms with Gasteiger partial charge in [0.2, 0.25) is 0 Å². The van der Waals surface area contributed by atoms with E-state index in [1.54, 1.807) is 0 Å². The smallest absolute Gasteiger partial charge is 0.127 e. The van der Waals surface area contributed by atoms with E-state index in [4.69, 9.17) is 4.98 Å². The van der Waals surface area contributed by atoms with Crippen molar-refractivity contribution in [3.8, 4) is 0 Å². The number of hydrogen-bond acceptors (Lipinski definition) is 2. The number of aryl methyl sites for hydroxylation is 2. The number of aromatic nitrogens is 2. The summed E-state index contributed by atoms with van der Waals surface area (Å²) in [5.41, 5.74) is 4.91. The first-order chi connectivity index (χ1) is 8.64. The fourth-order valence-electron chi connectivity index (χ4n) is 3.18. The Bertz CT molecular complexity index is 577. The lowest BCUT2D eigenvalue weighted by atomic mass is 9.93. The molecule has 2 heterocycles.